The minimum absolute atomic E-state index is 0.0142. The van der Waals surface area contributed by atoms with Crippen LogP contribution in [0.2, 0.25) is 0 Å². The Bertz CT molecular complexity index is 1030. The number of benzene rings is 2. The standard InChI is InChI=1S/C25H30IN3O2/c1-6-11-29-22-12-17(2)19(13-20(22)18(3)14-25(29,4)5)15-27-28-24(30)16-31-23-10-8-7-9-21(23)26/h7-10,12-15H,6,11,16H2,1-5H3,(H,28,30)/b27-15+. The molecule has 164 valence electrons. The number of allylic oxidation sites excluding steroid dienone is 1. The maximum absolute atomic E-state index is 12.1. The second kappa shape index (κ2) is 9.85. The number of fused-ring (bicyclic) bond motifs is 1. The molecule has 1 aliphatic rings. The van der Waals surface area contributed by atoms with Crippen molar-refractivity contribution in [3.63, 3.8) is 0 Å². The number of carbonyl (C=O) groups excluding carboxylic acids is 1. The summed E-state index contributed by atoms with van der Waals surface area (Å²) in [5, 5.41) is 4.16. The van der Waals surface area contributed by atoms with Gasteiger partial charge in [-0.1, -0.05) is 25.1 Å². The molecule has 3 rings (SSSR count). The van der Waals surface area contributed by atoms with E-state index in [1.807, 2.05) is 24.3 Å². The molecule has 31 heavy (non-hydrogen) atoms. The van der Waals surface area contributed by atoms with Gasteiger partial charge in [-0.3, -0.25) is 4.79 Å². The number of ether oxygens (including phenoxy) is 1. The number of amides is 1. The zero-order chi connectivity index (χ0) is 22.6. The number of aryl methyl sites for hydroxylation is 1. The van der Waals surface area contributed by atoms with Crippen LogP contribution >= 0.6 is 22.6 Å². The summed E-state index contributed by atoms with van der Waals surface area (Å²) in [4.78, 5) is 14.6. The smallest absolute Gasteiger partial charge is 0.277 e. The van der Waals surface area contributed by atoms with Gasteiger partial charge in [0.05, 0.1) is 15.3 Å². The van der Waals surface area contributed by atoms with Gasteiger partial charge in [0.15, 0.2) is 6.61 Å². The molecule has 0 spiro atoms. The van der Waals surface area contributed by atoms with E-state index >= 15 is 0 Å². The zero-order valence-electron chi connectivity index (χ0n) is 18.8. The Balaban J connectivity index is 1.71. The third kappa shape index (κ3) is 5.47. The van der Waals surface area contributed by atoms with E-state index in [2.05, 4.69) is 90.8 Å². The second-order valence-corrected chi connectivity index (χ2v) is 9.53. The van der Waals surface area contributed by atoms with Crippen LogP contribution in [0, 0.1) is 10.5 Å². The van der Waals surface area contributed by atoms with E-state index in [0.717, 1.165) is 27.7 Å². The van der Waals surface area contributed by atoms with Gasteiger partial charge in [0.25, 0.3) is 5.91 Å². The minimum Gasteiger partial charge on any atom is -0.483 e. The molecule has 0 atom stereocenters. The van der Waals surface area contributed by atoms with Gasteiger partial charge >= 0.3 is 0 Å². The van der Waals surface area contributed by atoms with Gasteiger partial charge in [-0.2, -0.15) is 5.10 Å². The molecular formula is C25H30IN3O2. The molecular weight excluding hydrogens is 501 g/mol. The molecule has 0 aromatic heterocycles. The van der Waals surface area contributed by atoms with Gasteiger partial charge in [-0.25, -0.2) is 5.43 Å². The summed E-state index contributed by atoms with van der Waals surface area (Å²) in [5.41, 5.74) is 8.39. The highest BCUT2D eigenvalue weighted by atomic mass is 127. The van der Waals surface area contributed by atoms with Crippen LogP contribution in [0.1, 0.15) is 50.8 Å². The molecule has 0 aliphatic carbocycles. The zero-order valence-corrected chi connectivity index (χ0v) is 21.0. The first-order valence-corrected chi connectivity index (χ1v) is 11.6. The van der Waals surface area contributed by atoms with Crippen molar-refractivity contribution >= 4 is 46.0 Å². The fourth-order valence-electron chi connectivity index (χ4n) is 3.93. The van der Waals surface area contributed by atoms with Crippen LogP contribution in [0.25, 0.3) is 5.57 Å². The Kier molecular flexibility index (Phi) is 7.41. The first-order valence-electron chi connectivity index (χ1n) is 10.5. The lowest BCUT2D eigenvalue weighted by atomic mass is 9.87. The minimum atomic E-state index is -0.293. The Labute approximate surface area is 198 Å². The van der Waals surface area contributed by atoms with E-state index in [4.69, 9.17) is 4.74 Å². The van der Waals surface area contributed by atoms with Crippen molar-refractivity contribution in [2.75, 3.05) is 18.1 Å². The maximum atomic E-state index is 12.1. The molecule has 1 heterocycles. The number of hydrazone groups is 1. The summed E-state index contributed by atoms with van der Waals surface area (Å²) in [6.07, 6.45) is 5.12. The summed E-state index contributed by atoms with van der Waals surface area (Å²) < 4.78 is 6.52. The molecule has 0 radical (unpaired) electrons. The van der Waals surface area contributed by atoms with Crippen molar-refractivity contribution < 1.29 is 9.53 Å². The van der Waals surface area contributed by atoms with Crippen molar-refractivity contribution in [3.8, 4) is 5.75 Å². The number of carbonyl (C=O) groups is 1. The first-order chi connectivity index (χ1) is 14.7. The summed E-state index contributed by atoms with van der Waals surface area (Å²) in [6.45, 7) is 11.9. The Hall–Kier alpha value is -2.35. The van der Waals surface area contributed by atoms with Crippen molar-refractivity contribution in [2.45, 2.75) is 46.6 Å². The lowest BCUT2D eigenvalue weighted by Gasteiger charge is -2.43. The molecule has 0 fully saturated rings. The van der Waals surface area contributed by atoms with E-state index in [1.54, 1.807) is 6.21 Å². The van der Waals surface area contributed by atoms with E-state index in [-0.39, 0.29) is 18.1 Å². The Morgan fingerprint density at radius 1 is 1.26 bits per heavy atom. The summed E-state index contributed by atoms with van der Waals surface area (Å²) in [7, 11) is 0. The first kappa shape index (κ1) is 23.3. The molecule has 1 aliphatic heterocycles. The molecule has 2 aromatic rings. The van der Waals surface area contributed by atoms with Crippen LogP contribution < -0.4 is 15.1 Å². The molecule has 0 saturated carbocycles. The third-order valence-corrected chi connectivity index (χ3v) is 6.29. The summed E-state index contributed by atoms with van der Waals surface area (Å²) in [6, 6.07) is 12.0. The number of halogens is 1. The van der Waals surface area contributed by atoms with Crippen molar-refractivity contribution in [1.82, 2.24) is 5.43 Å². The number of hydrogen-bond donors (Lipinski definition) is 1. The molecule has 5 nitrogen and oxygen atoms in total. The Morgan fingerprint density at radius 2 is 2.00 bits per heavy atom. The number of nitrogens with zero attached hydrogens (tertiary/aromatic N) is 2. The predicted octanol–water partition coefficient (Wildman–Crippen LogP) is 5.54. The average Bonchev–Trinajstić information content (AvgIpc) is 2.71. The number of anilines is 1. The fourth-order valence-corrected chi connectivity index (χ4v) is 4.47. The van der Waals surface area contributed by atoms with Crippen LogP contribution in [-0.2, 0) is 4.79 Å². The number of hydrogen-bond acceptors (Lipinski definition) is 4. The SMILES string of the molecule is CCCN1c2cc(C)c(/C=N/NC(=O)COc3ccccc3I)cc2C(C)=CC1(C)C. The number of rotatable bonds is 7. The largest absolute Gasteiger partial charge is 0.483 e. The lowest BCUT2D eigenvalue weighted by Crippen LogP contribution is -2.45. The van der Waals surface area contributed by atoms with Gasteiger partial charge in [0.2, 0.25) is 0 Å². The van der Waals surface area contributed by atoms with Crippen molar-refractivity contribution in [1.29, 1.82) is 0 Å². The van der Waals surface area contributed by atoms with Crippen LogP contribution in [0.3, 0.4) is 0 Å². The van der Waals surface area contributed by atoms with Gasteiger partial charge in [0, 0.05) is 17.8 Å². The third-order valence-electron chi connectivity index (χ3n) is 5.40. The van der Waals surface area contributed by atoms with E-state index < -0.39 is 0 Å². The molecule has 0 bridgehead atoms. The highest BCUT2D eigenvalue weighted by Crippen LogP contribution is 2.40. The molecule has 2 aromatic carbocycles. The Morgan fingerprint density at radius 3 is 2.71 bits per heavy atom. The molecule has 1 N–H and O–H groups in total. The van der Waals surface area contributed by atoms with Gasteiger partial charge in [-0.05, 0) is 97.7 Å². The van der Waals surface area contributed by atoms with Crippen LogP contribution in [-0.4, -0.2) is 30.8 Å². The highest BCUT2D eigenvalue weighted by molar-refractivity contribution is 14.1. The monoisotopic (exact) mass is 531 g/mol. The molecule has 0 unspecified atom stereocenters. The average molecular weight is 531 g/mol. The van der Waals surface area contributed by atoms with Crippen molar-refractivity contribution in [2.24, 2.45) is 5.10 Å². The molecule has 6 heteroatoms. The maximum Gasteiger partial charge on any atom is 0.277 e. The summed E-state index contributed by atoms with van der Waals surface area (Å²) >= 11 is 2.18. The molecule has 0 saturated heterocycles. The normalized spacial score (nSPS) is 14.9. The van der Waals surface area contributed by atoms with Crippen LogP contribution in [0.4, 0.5) is 5.69 Å². The number of para-hydroxylation sites is 1. The van der Waals surface area contributed by atoms with E-state index in [9.17, 15) is 4.79 Å². The summed E-state index contributed by atoms with van der Waals surface area (Å²) in [5.74, 6) is 0.396. The topological polar surface area (TPSA) is 53.9 Å². The predicted molar refractivity (Wildman–Crippen MR) is 137 cm³/mol. The molecule has 1 amide bonds. The fraction of sp³-hybridized carbons (Fsp3) is 0.360. The van der Waals surface area contributed by atoms with E-state index in [1.165, 1.54) is 16.8 Å². The second-order valence-electron chi connectivity index (χ2n) is 8.37. The van der Waals surface area contributed by atoms with Crippen molar-refractivity contribution in [3.05, 3.63) is 62.7 Å². The van der Waals surface area contributed by atoms with Gasteiger partial charge < -0.3 is 9.64 Å². The number of nitrogens with one attached hydrogen (secondary N) is 1. The van der Waals surface area contributed by atoms with E-state index in [0.29, 0.717) is 5.75 Å². The lowest BCUT2D eigenvalue weighted by molar-refractivity contribution is -0.123. The highest BCUT2D eigenvalue weighted by Gasteiger charge is 2.31. The van der Waals surface area contributed by atoms with Gasteiger partial charge in [-0.15, -0.1) is 0 Å². The van der Waals surface area contributed by atoms with Gasteiger partial charge in [0.1, 0.15) is 5.75 Å². The van der Waals surface area contributed by atoms with Crippen LogP contribution in [0.15, 0.2) is 47.6 Å². The van der Waals surface area contributed by atoms with Crippen LogP contribution in [0.5, 0.6) is 5.75 Å². The quantitative estimate of drug-likeness (QED) is 0.290.